The summed E-state index contributed by atoms with van der Waals surface area (Å²) < 4.78 is 0. The zero-order valence-corrected chi connectivity index (χ0v) is 15.8. The molecule has 0 unspecified atom stereocenters. The van der Waals surface area contributed by atoms with E-state index < -0.39 is 23.8 Å². The van der Waals surface area contributed by atoms with E-state index in [2.05, 4.69) is 11.8 Å². The molecule has 1 aliphatic rings. The summed E-state index contributed by atoms with van der Waals surface area (Å²) in [6.45, 7) is 0. The van der Waals surface area contributed by atoms with Gasteiger partial charge in [0.2, 0.25) is 0 Å². The number of nitrogens with zero attached hydrogens (tertiary/aromatic N) is 1. The zero-order chi connectivity index (χ0) is 22.1. The van der Waals surface area contributed by atoms with Gasteiger partial charge in [0.15, 0.2) is 0 Å². The van der Waals surface area contributed by atoms with E-state index in [9.17, 15) is 29.4 Å². The first kappa shape index (κ1) is 19.6. The Kier molecular flexibility index (Phi) is 4.82. The van der Waals surface area contributed by atoms with Crippen molar-refractivity contribution in [2.24, 2.45) is 0 Å². The van der Waals surface area contributed by atoms with Crippen LogP contribution in [0.3, 0.4) is 0 Å². The summed E-state index contributed by atoms with van der Waals surface area (Å²) in [5, 5.41) is 18.6. The molecule has 7 nitrogen and oxygen atoms in total. The Morgan fingerprint density at radius 1 is 0.742 bits per heavy atom. The lowest BCUT2D eigenvalue weighted by atomic mass is 10.0. The first-order chi connectivity index (χ1) is 14.9. The highest BCUT2D eigenvalue weighted by atomic mass is 16.4. The average Bonchev–Trinajstić information content (AvgIpc) is 3.03. The van der Waals surface area contributed by atoms with Gasteiger partial charge in [0.25, 0.3) is 11.8 Å². The molecule has 3 aromatic rings. The van der Waals surface area contributed by atoms with Crippen LogP contribution in [0, 0.1) is 11.8 Å². The highest BCUT2D eigenvalue weighted by molar-refractivity contribution is 6.35. The first-order valence-corrected chi connectivity index (χ1v) is 9.07. The molecule has 1 heterocycles. The molecule has 0 bridgehead atoms. The van der Waals surface area contributed by atoms with Gasteiger partial charge in [-0.3, -0.25) is 9.59 Å². The minimum atomic E-state index is -1.38. The molecule has 2 amide bonds. The number of benzene rings is 3. The maximum absolute atomic E-state index is 13.1. The van der Waals surface area contributed by atoms with Crippen LogP contribution in [0.2, 0.25) is 0 Å². The van der Waals surface area contributed by atoms with Crippen LogP contribution in [0.1, 0.15) is 52.6 Å². The molecule has 0 aliphatic carbocycles. The van der Waals surface area contributed by atoms with Gasteiger partial charge in [-0.05, 0) is 42.5 Å². The van der Waals surface area contributed by atoms with Gasteiger partial charge in [-0.25, -0.2) is 14.5 Å². The lowest BCUT2D eigenvalue weighted by Gasteiger charge is -2.15. The van der Waals surface area contributed by atoms with Gasteiger partial charge in [-0.2, -0.15) is 0 Å². The van der Waals surface area contributed by atoms with Crippen molar-refractivity contribution in [3.63, 3.8) is 0 Å². The smallest absolute Gasteiger partial charge is 0.335 e. The number of fused-ring (bicyclic) bond motifs is 1. The van der Waals surface area contributed by atoms with Crippen molar-refractivity contribution in [2.75, 3.05) is 4.90 Å². The molecular weight excluding hydrogens is 398 g/mol. The minimum Gasteiger partial charge on any atom is -0.478 e. The molecule has 0 saturated carbocycles. The van der Waals surface area contributed by atoms with Crippen molar-refractivity contribution in [1.82, 2.24) is 0 Å². The second-order valence-corrected chi connectivity index (χ2v) is 6.67. The summed E-state index contributed by atoms with van der Waals surface area (Å²) in [4.78, 5) is 49.7. The van der Waals surface area contributed by atoms with E-state index in [1.54, 1.807) is 24.3 Å². The van der Waals surface area contributed by atoms with Gasteiger partial charge in [0.05, 0.1) is 27.9 Å². The van der Waals surface area contributed by atoms with Crippen LogP contribution in [-0.2, 0) is 0 Å². The number of carbonyl (C=O) groups excluding carboxylic acids is 2. The third-order valence-electron chi connectivity index (χ3n) is 4.70. The second kappa shape index (κ2) is 7.61. The molecule has 4 rings (SSSR count). The highest BCUT2D eigenvalue weighted by Crippen LogP contribution is 2.31. The van der Waals surface area contributed by atoms with Crippen molar-refractivity contribution in [2.45, 2.75) is 0 Å². The number of carbonyl (C=O) groups is 4. The van der Waals surface area contributed by atoms with Gasteiger partial charge in [-0.1, -0.05) is 36.1 Å². The monoisotopic (exact) mass is 411 g/mol. The molecule has 0 atom stereocenters. The van der Waals surface area contributed by atoms with Crippen molar-refractivity contribution < 1.29 is 29.4 Å². The van der Waals surface area contributed by atoms with Gasteiger partial charge in [0.1, 0.15) is 0 Å². The van der Waals surface area contributed by atoms with E-state index in [4.69, 9.17) is 0 Å². The number of carboxylic acids is 2. The molecule has 0 saturated heterocycles. The van der Waals surface area contributed by atoms with E-state index in [1.807, 2.05) is 18.2 Å². The Balaban J connectivity index is 1.81. The van der Waals surface area contributed by atoms with Gasteiger partial charge < -0.3 is 10.2 Å². The van der Waals surface area contributed by atoms with Crippen molar-refractivity contribution in [3.8, 4) is 11.8 Å². The summed E-state index contributed by atoms with van der Waals surface area (Å²) in [5.41, 5.74) is 0.441. The number of anilines is 1. The fourth-order valence-corrected chi connectivity index (χ4v) is 3.27. The minimum absolute atomic E-state index is 0.0912. The molecule has 0 radical (unpaired) electrons. The maximum Gasteiger partial charge on any atom is 0.335 e. The second-order valence-electron chi connectivity index (χ2n) is 6.67. The molecule has 7 heteroatoms. The standard InChI is InChI=1S/C24H13NO6/c26-21-19-8-4-7-15(10-9-14-5-2-1-3-6-14)20(19)22(27)25(21)18-12-16(23(28)29)11-17(13-18)24(30)31/h1-8,11-13H,(H,28,29)(H,30,31). The Hall–Kier alpha value is -4.70. The predicted molar refractivity (Wildman–Crippen MR) is 110 cm³/mol. The molecule has 31 heavy (non-hydrogen) atoms. The van der Waals surface area contributed by atoms with Gasteiger partial charge in [0, 0.05) is 11.1 Å². The zero-order valence-electron chi connectivity index (χ0n) is 15.8. The molecule has 1 aliphatic heterocycles. The van der Waals surface area contributed by atoms with E-state index in [1.165, 1.54) is 6.07 Å². The Labute approximate surface area is 176 Å². The summed E-state index contributed by atoms with van der Waals surface area (Å²) in [7, 11) is 0. The SMILES string of the molecule is O=C(O)c1cc(C(=O)O)cc(N2C(=O)c3cccc(C#Cc4ccccc4)c3C2=O)c1. The lowest BCUT2D eigenvalue weighted by Crippen LogP contribution is -2.30. The van der Waals surface area contributed by atoms with E-state index >= 15 is 0 Å². The Bertz CT molecular complexity index is 1300. The largest absolute Gasteiger partial charge is 0.478 e. The van der Waals surface area contributed by atoms with Crippen LogP contribution in [0.15, 0.2) is 66.7 Å². The van der Waals surface area contributed by atoms with Crippen molar-refractivity contribution in [3.05, 3.63) is 100 Å². The van der Waals surface area contributed by atoms with Crippen LogP contribution in [-0.4, -0.2) is 34.0 Å². The Morgan fingerprint density at radius 2 is 1.39 bits per heavy atom. The van der Waals surface area contributed by atoms with Crippen LogP contribution in [0.5, 0.6) is 0 Å². The third kappa shape index (κ3) is 3.54. The number of rotatable bonds is 3. The molecule has 3 aromatic carbocycles. The fraction of sp³-hybridized carbons (Fsp3) is 0. The highest BCUT2D eigenvalue weighted by Gasteiger charge is 2.38. The molecular formula is C24H13NO6. The summed E-state index contributed by atoms with van der Waals surface area (Å²) in [5.74, 6) is 1.71. The summed E-state index contributed by atoms with van der Waals surface area (Å²) in [6.07, 6.45) is 0. The molecule has 0 fully saturated rings. The van der Waals surface area contributed by atoms with Crippen LogP contribution in [0.4, 0.5) is 5.69 Å². The summed E-state index contributed by atoms with van der Waals surface area (Å²) in [6, 6.07) is 16.9. The average molecular weight is 411 g/mol. The maximum atomic E-state index is 13.1. The number of aromatic carboxylic acids is 2. The first-order valence-electron chi connectivity index (χ1n) is 9.07. The number of amides is 2. The number of hydrogen-bond acceptors (Lipinski definition) is 4. The van der Waals surface area contributed by atoms with E-state index in [-0.39, 0.29) is 27.9 Å². The quantitative estimate of drug-likeness (QED) is 0.505. The molecule has 0 spiro atoms. The Morgan fingerprint density at radius 3 is 2.00 bits per heavy atom. The van der Waals surface area contributed by atoms with Gasteiger partial charge in [-0.15, -0.1) is 0 Å². The number of hydrogen-bond donors (Lipinski definition) is 2. The molecule has 2 N–H and O–H groups in total. The molecule has 0 aromatic heterocycles. The van der Waals surface area contributed by atoms with Gasteiger partial charge >= 0.3 is 11.9 Å². The van der Waals surface area contributed by atoms with Crippen LogP contribution >= 0.6 is 0 Å². The lowest BCUT2D eigenvalue weighted by molar-refractivity contribution is 0.0695. The van der Waals surface area contributed by atoms with Crippen molar-refractivity contribution in [1.29, 1.82) is 0 Å². The van der Waals surface area contributed by atoms with E-state index in [0.717, 1.165) is 28.7 Å². The van der Waals surface area contributed by atoms with Crippen LogP contribution in [0.25, 0.3) is 0 Å². The van der Waals surface area contributed by atoms with E-state index in [0.29, 0.717) is 5.56 Å². The summed E-state index contributed by atoms with van der Waals surface area (Å²) >= 11 is 0. The molecule has 150 valence electrons. The predicted octanol–water partition coefficient (Wildman–Crippen LogP) is 3.28. The number of carboxylic acid groups (broad SMARTS) is 2. The normalized spacial score (nSPS) is 12.2. The number of imide groups is 1. The topological polar surface area (TPSA) is 112 Å². The third-order valence-corrected chi connectivity index (χ3v) is 4.70. The fourth-order valence-electron chi connectivity index (χ4n) is 3.27. The van der Waals surface area contributed by atoms with Crippen molar-refractivity contribution >= 4 is 29.4 Å². The van der Waals surface area contributed by atoms with Crippen LogP contribution < -0.4 is 4.90 Å².